The summed E-state index contributed by atoms with van der Waals surface area (Å²) < 4.78 is 32.5. The minimum absolute atomic E-state index is 0.0958. The maximum atomic E-state index is 12.5. The Kier molecular flexibility index (Phi) is 4.81. The topological polar surface area (TPSA) is 105 Å². The number of aromatic carboxylic acids is 1. The van der Waals surface area contributed by atoms with E-state index in [0.29, 0.717) is 12.8 Å². The largest absolute Gasteiger partial charge is 0.495 e. The summed E-state index contributed by atoms with van der Waals surface area (Å²) in [6.07, 6.45) is 1.39. The van der Waals surface area contributed by atoms with E-state index in [1.807, 2.05) is 0 Å². The van der Waals surface area contributed by atoms with E-state index in [4.69, 9.17) is 9.84 Å². The predicted molar refractivity (Wildman–Crippen MR) is 76.2 cm³/mol. The molecule has 0 unspecified atom stereocenters. The number of carbonyl (C=O) groups is 1. The molecule has 1 aliphatic rings. The van der Waals surface area contributed by atoms with Crippen LogP contribution in [0.5, 0.6) is 5.75 Å². The third-order valence-corrected chi connectivity index (χ3v) is 4.90. The van der Waals surface area contributed by atoms with E-state index in [9.17, 15) is 13.2 Å². The van der Waals surface area contributed by atoms with Gasteiger partial charge in [0, 0.05) is 6.04 Å². The summed E-state index contributed by atoms with van der Waals surface area (Å²) in [6, 6.07) is 3.62. The lowest BCUT2D eigenvalue weighted by atomic mass is 10.1. The number of hydrogen-bond donors (Lipinski definition) is 3. The minimum atomic E-state index is -3.82. The number of sulfonamides is 1. The summed E-state index contributed by atoms with van der Waals surface area (Å²) in [5, 5.41) is 12.1. The molecule has 0 aromatic heterocycles. The van der Waals surface area contributed by atoms with Gasteiger partial charge < -0.3 is 15.2 Å². The molecule has 3 N–H and O–H groups in total. The van der Waals surface area contributed by atoms with E-state index in [1.54, 1.807) is 0 Å². The second-order valence-electron chi connectivity index (χ2n) is 4.82. The van der Waals surface area contributed by atoms with Gasteiger partial charge in [-0.1, -0.05) is 0 Å². The van der Waals surface area contributed by atoms with Crippen molar-refractivity contribution >= 4 is 16.0 Å². The van der Waals surface area contributed by atoms with E-state index < -0.39 is 16.0 Å². The van der Waals surface area contributed by atoms with Crippen LogP contribution in [0, 0.1) is 0 Å². The van der Waals surface area contributed by atoms with Gasteiger partial charge in [0.2, 0.25) is 10.0 Å². The highest BCUT2D eigenvalue weighted by Crippen LogP contribution is 2.25. The van der Waals surface area contributed by atoms with Crippen molar-refractivity contribution in [2.45, 2.75) is 23.8 Å². The van der Waals surface area contributed by atoms with Crippen LogP contribution < -0.4 is 14.8 Å². The fraction of sp³-hybridized carbons (Fsp3) is 0.462. The molecular weight excluding hydrogens is 296 g/mol. The first-order valence-corrected chi connectivity index (χ1v) is 8.07. The van der Waals surface area contributed by atoms with Crippen LogP contribution in [-0.2, 0) is 10.0 Å². The van der Waals surface area contributed by atoms with Crippen molar-refractivity contribution in [3.8, 4) is 5.75 Å². The number of hydrogen-bond acceptors (Lipinski definition) is 5. The standard InChI is InChI=1S/C13H18N2O5S/c1-20-11-3-2-9(13(16)17)8-12(11)21(18,19)15-10-4-6-14-7-5-10/h2-3,8,10,14-15H,4-7H2,1H3,(H,16,17). The number of benzene rings is 1. The van der Waals surface area contributed by atoms with Gasteiger partial charge >= 0.3 is 5.97 Å². The summed E-state index contributed by atoms with van der Waals surface area (Å²) in [6.45, 7) is 1.50. The molecule has 2 rings (SSSR count). The van der Waals surface area contributed by atoms with E-state index in [-0.39, 0.29) is 22.3 Å². The van der Waals surface area contributed by atoms with Gasteiger partial charge in [-0.05, 0) is 44.1 Å². The first kappa shape index (κ1) is 15.7. The molecule has 0 atom stereocenters. The molecule has 8 heteroatoms. The average molecular weight is 314 g/mol. The molecule has 1 heterocycles. The normalized spacial score (nSPS) is 16.6. The number of piperidine rings is 1. The van der Waals surface area contributed by atoms with Gasteiger partial charge in [0.05, 0.1) is 12.7 Å². The smallest absolute Gasteiger partial charge is 0.335 e. The number of carboxylic acid groups (broad SMARTS) is 1. The molecule has 1 aromatic carbocycles. The molecule has 1 saturated heterocycles. The Morgan fingerprint density at radius 2 is 2.05 bits per heavy atom. The van der Waals surface area contributed by atoms with Crippen LogP contribution in [0.3, 0.4) is 0 Å². The van der Waals surface area contributed by atoms with Crippen molar-refractivity contribution in [1.29, 1.82) is 0 Å². The highest BCUT2D eigenvalue weighted by molar-refractivity contribution is 7.89. The Hall–Kier alpha value is -1.64. The molecule has 0 radical (unpaired) electrons. The Balaban J connectivity index is 2.32. The maximum Gasteiger partial charge on any atom is 0.335 e. The van der Waals surface area contributed by atoms with E-state index in [2.05, 4.69) is 10.0 Å². The van der Waals surface area contributed by atoms with Crippen LogP contribution in [0.1, 0.15) is 23.2 Å². The zero-order valence-corrected chi connectivity index (χ0v) is 12.4. The quantitative estimate of drug-likeness (QED) is 0.728. The molecule has 21 heavy (non-hydrogen) atoms. The summed E-state index contributed by atoms with van der Waals surface area (Å²) >= 11 is 0. The highest BCUT2D eigenvalue weighted by Gasteiger charge is 2.25. The molecule has 1 fully saturated rings. The minimum Gasteiger partial charge on any atom is -0.495 e. The monoisotopic (exact) mass is 314 g/mol. The van der Waals surface area contributed by atoms with Gasteiger partial charge in [0.15, 0.2) is 0 Å². The van der Waals surface area contributed by atoms with E-state index >= 15 is 0 Å². The lowest BCUT2D eigenvalue weighted by molar-refractivity contribution is 0.0696. The van der Waals surface area contributed by atoms with Gasteiger partial charge in [-0.25, -0.2) is 17.9 Å². The van der Waals surface area contributed by atoms with Crippen molar-refractivity contribution in [2.75, 3.05) is 20.2 Å². The SMILES string of the molecule is COc1ccc(C(=O)O)cc1S(=O)(=O)NC1CCNCC1. The summed E-state index contributed by atoms with van der Waals surface area (Å²) in [7, 11) is -2.48. The molecule has 0 spiro atoms. The first-order valence-electron chi connectivity index (χ1n) is 6.58. The number of methoxy groups -OCH3 is 1. The fourth-order valence-corrected chi connectivity index (χ4v) is 3.74. The Labute approximate surface area is 123 Å². The number of carboxylic acids is 1. The van der Waals surface area contributed by atoms with Gasteiger partial charge in [0.1, 0.15) is 10.6 Å². The molecule has 1 aromatic rings. The molecule has 7 nitrogen and oxygen atoms in total. The predicted octanol–water partition coefficient (Wildman–Crippen LogP) is 0.424. The third kappa shape index (κ3) is 3.72. The molecule has 0 bridgehead atoms. The second kappa shape index (κ2) is 6.42. The molecule has 0 amide bonds. The van der Waals surface area contributed by atoms with Crippen molar-refractivity contribution in [3.05, 3.63) is 23.8 Å². The molecule has 0 aliphatic carbocycles. The average Bonchev–Trinajstić information content (AvgIpc) is 2.47. The molecule has 1 aliphatic heterocycles. The summed E-state index contributed by atoms with van der Waals surface area (Å²) in [5.74, 6) is -1.06. The van der Waals surface area contributed by atoms with Crippen LogP contribution in [-0.4, -0.2) is 45.7 Å². The maximum absolute atomic E-state index is 12.5. The second-order valence-corrected chi connectivity index (χ2v) is 6.50. The van der Waals surface area contributed by atoms with Gasteiger partial charge in [0.25, 0.3) is 0 Å². The number of ether oxygens (including phenoxy) is 1. The summed E-state index contributed by atoms with van der Waals surface area (Å²) in [4.78, 5) is 10.9. The van der Waals surface area contributed by atoms with Gasteiger partial charge in [-0.15, -0.1) is 0 Å². The van der Waals surface area contributed by atoms with Crippen LogP contribution >= 0.6 is 0 Å². The zero-order chi connectivity index (χ0) is 15.5. The van der Waals surface area contributed by atoms with Crippen LogP contribution in [0.2, 0.25) is 0 Å². The van der Waals surface area contributed by atoms with Crippen LogP contribution in [0.4, 0.5) is 0 Å². The molecular formula is C13H18N2O5S. The fourth-order valence-electron chi connectivity index (χ4n) is 2.24. The highest BCUT2D eigenvalue weighted by atomic mass is 32.2. The third-order valence-electron chi connectivity index (χ3n) is 3.36. The van der Waals surface area contributed by atoms with Crippen molar-refractivity contribution in [3.63, 3.8) is 0 Å². The van der Waals surface area contributed by atoms with Crippen molar-refractivity contribution in [2.24, 2.45) is 0 Å². The number of rotatable bonds is 5. The van der Waals surface area contributed by atoms with E-state index in [1.165, 1.54) is 19.2 Å². The lowest BCUT2D eigenvalue weighted by Crippen LogP contribution is -2.42. The Morgan fingerprint density at radius 1 is 1.38 bits per heavy atom. The Morgan fingerprint density at radius 3 is 2.62 bits per heavy atom. The lowest BCUT2D eigenvalue weighted by Gasteiger charge is -2.24. The van der Waals surface area contributed by atoms with Gasteiger partial charge in [-0.2, -0.15) is 0 Å². The van der Waals surface area contributed by atoms with Crippen molar-refractivity contribution in [1.82, 2.24) is 10.0 Å². The molecule has 0 saturated carbocycles. The van der Waals surface area contributed by atoms with Crippen LogP contribution in [0.15, 0.2) is 23.1 Å². The Bertz CT molecular complexity index is 623. The van der Waals surface area contributed by atoms with Crippen LogP contribution in [0.25, 0.3) is 0 Å². The number of nitrogens with one attached hydrogen (secondary N) is 2. The zero-order valence-electron chi connectivity index (χ0n) is 11.6. The summed E-state index contributed by atoms with van der Waals surface area (Å²) in [5.41, 5.74) is -0.0958. The van der Waals surface area contributed by atoms with E-state index in [0.717, 1.165) is 19.2 Å². The molecule has 116 valence electrons. The van der Waals surface area contributed by atoms with Crippen molar-refractivity contribution < 1.29 is 23.1 Å². The van der Waals surface area contributed by atoms with Gasteiger partial charge in [-0.3, -0.25) is 0 Å². The first-order chi connectivity index (χ1) is 9.94.